The Morgan fingerprint density at radius 3 is 2.67 bits per heavy atom. The molecule has 0 saturated carbocycles. The Balaban J connectivity index is 0.00000288. The quantitative estimate of drug-likeness (QED) is 0.403. The number of thiazole rings is 1. The van der Waals surface area contributed by atoms with Crippen LogP contribution in [0.1, 0.15) is 35.3 Å². The largest absolute Gasteiger partial charge is 0.450 e. The number of likely N-dealkylation sites (tertiary alicyclic amines) is 1. The standard InChI is InChI=1S/C15H25N5O2S.HI/c1-4-22-15(21)20-7-5-12(6-8-20)19-14(16)17-9-13-18-10(2)11(3)23-13;/h12H,4-9H2,1-3H3,(H3,16,17,19);1H. The Hall–Kier alpha value is -1.10. The average molecular weight is 467 g/mol. The number of piperidine rings is 1. The van der Waals surface area contributed by atoms with E-state index < -0.39 is 0 Å². The number of rotatable bonds is 4. The van der Waals surface area contributed by atoms with Crippen molar-refractivity contribution in [2.45, 2.75) is 46.2 Å². The molecule has 0 radical (unpaired) electrons. The molecule has 136 valence electrons. The molecule has 1 aromatic rings. The second-order valence-electron chi connectivity index (χ2n) is 5.56. The summed E-state index contributed by atoms with van der Waals surface area (Å²) in [6, 6.07) is 0.240. The fraction of sp³-hybridized carbons (Fsp3) is 0.667. The van der Waals surface area contributed by atoms with E-state index in [-0.39, 0.29) is 36.1 Å². The van der Waals surface area contributed by atoms with Gasteiger partial charge in [0.05, 0.1) is 18.8 Å². The number of carbonyl (C=O) groups is 1. The molecular formula is C15H26IN5O2S. The monoisotopic (exact) mass is 467 g/mol. The maximum Gasteiger partial charge on any atom is 0.409 e. The molecule has 1 fully saturated rings. The fourth-order valence-corrected chi connectivity index (χ4v) is 3.29. The number of aromatic nitrogens is 1. The molecule has 2 heterocycles. The van der Waals surface area contributed by atoms with E-state index in [2.05, 4.69) is 22.2 Å². The number of amides is 1. The van der Waals surface area contributed by atoms with E-state index in [9.17, 15) is 4.79 Å². The fourth-order valence-electron chi connectivity index (χ4n) is 2.44. The first-order chi connectivity index (χ1) is 11.0. The van der Waals surface area contributed by atoms with Crippen molar-refractivity contribution >= 4 is 47.4 Å². The van der Waals surface area contributed by atoms with Crippen LogP contribution in [0.25, 0.3) is 0 Å². The van der Waals surface area contributed by atoms with Crippen LogP contribution in [0.15, 0.2) is 4.99 Å². The van der Waals surface area contributed by atoms with Gasteiger partial charge in [-0.2, -0.15) is 0 Å². The lowest BCUT2D eigenvalue weighted by molar-refractivity contribution is 0.0963. The number of nitrogens with zero attached hydrogens (tertiary/aromatic N) is 3. The van der Waals surface area contributed by atoms with Crippen molar-refractivity contribution in [2.75, 3.05) is 19.7 Å². The topological polar surface area (TPSA) is 92.8 Å². The molecule has 1 saturated heterocycles. The van der Waals surface area contributed by atoms with Crippen LogP contribution >= 0.6 is 35.3 Å². The lowest BCUT2D eigenvalue weighted by atomic mass is 10.1. The molecule has 3 N–H and O–H groups in total. The molecule has 7 nitrogen and oxygen atoms in total. The van der Waals surface area contributed by atoms with Crippen LogP contribution in [-0.2, 0) is 11.3 Å². The lowest BCUT2D eigenvalue weighted by Crippen LogP contribution is -2.48. The van der Waals surface area contributed by atoms with E-state index in [4.69, 9.17) is 10.5 Å². The third-order valence-electron chi connectivity index (χ3n) is 3.83. The van der Waals surface area contributed by atoms with Gasteiger partial charge < -0.3 is 20.7 Å². The number of carbonyl (C=O) groups excluding carboxylic acids is 1. The van der Waals surface area contributed by atoms with Crippen LogP contribution in [0.5, 0.6) is 0 Å². The molecule has 0 aromatic carbocycles. The Morgan fingerprint density at radius 2 is 2.12 bits per heavy atom. The molecular weight excluding hydrogens is 441 g/mol. The van der Waals surface area contributed by atoms with E-state index in [1.807, 2.05) is 13.8 Å². The molecule has 2 rings (SSSR count). The molecule has 9 heteroatoms. The first-order valence-electron chi connectivity index (χ1n) is 7.90. The summed E-state index contributed by atoms with van der Waals surface area (Å²) in [5.74, 6) is 0.435. The summed E-state index contributed by atoms with van der Waals surface area (Å²) < 4.78 is 5.01. The number of nitrogens with two attached hydrogens (primary N) is 1. The van der Waals surface area contributed by atoms with Crippen LogP contribution < -0.4 is 11.1 Å². The predicted molar refractivity (Wildman–Crippen MR) is 107 cm³/mol. The molecule has 24 heavy (non-hydrogen) atoms. The van der Waals surface area contributed by atoms with Gasteiger partial charge in [-0.05, 0) is 33.6 Å². The zero-order chi connectivity index (χ0) is 16.8. The zero-order valence-electron chi connectivity index (χ0n) is 14.4. The highest BCUT2D eigenvalue weighted by molar-refractivity contribution is 14.0. The highest BCUT2D eigenvalue weighted by Crippen LogP contribution is 2.17. The molecule has 0 atom stereocenters. The summed E-state index contributed by atoms with van der Waals surface area (Å²) >= 11 is 1.65. The van der Waals surface area contributed by atoms with Crippen LogP contribution in [0, 0.1) is 13.8 Å². The molecule has 1 aliphatic heterocycles. The second kappa shape index (κ2) is 10.0. The minimum atomic E-state index is -0.234. The number of aliphatic imine (C=N–C) groups is 1. The van der Waals surface area contributed by atoms with E-state index >= 15 is 0 Å². The Kier molecular flexibility index (Phi) is 8.74. The number of nitrogens with one attached hydrogen (secondary N) is 1. The first-order valence-corrected chi connectivity index (χ1v) is 8.72. The van der Waals surface area contributed by atoms with E-state index in [0.717, 1.165) is 23.5 Å². The number of halogens is 1. The van der Waals surface area contributed by atoms with Gasteiger partial charge in [0.15, 0.2) is 5.96 Å². The average Bonchev–Trinajstić information content (AvgIpc) is 2.85. The smallest absolute Gasteiger partial charge is 0.409 e. The maximum absolute atomic E-state index is 11.6. The normalized spacial score (nSPS) is 15.8. The summed E-state index contributed by atoms with van der Waals surface area (Å²) in [4.78, 5) is 23.4. The summed E-state index contributed by atoms with van der Waals surface area (Å²) in [6.07, 6.45) is 1.44. The summed E-state index contributed by atoms with van der Waals surface area (Å²) in [7, 11) is 0. The van der Waals surface area contributed by atoms with Gasteiger partial charge in [-0.1, -0.05) is 0 Å². The van der Waals surface area contributed by atoms with Crippen molar-refractivity contribution in [3.63, 3.8) is 0 Å². The molecule has 0 bridgehead atoms. The van der Waals surface area contributed by atoms with Crippen molar-refractivity contribution in [3.05, 3.63) is 15.6 Å². The van der Waals surface area contributed by atoms with Gasteiger partial charge in [0.2, 0.25) is 0 Å². The molecule has 1 amide bonds. The van der Waals surface area contributed by atoms with Crippen molar-refractivity contribution in [1.29, 1.82) is 0 Å². The number of guanidine groups is 1. The first kappa shape index (κ1) is 20.9. The van der Waals surface area contributed by atoms with Gasteiger partial charge in [-0.25, -0.2) is 14.8 Å². The van der Waals surface area contributed by atoms with Crippen LogP contribution in [0.3, 0.4) is 0 Å². The van der Waals surface area contributed by atoms with E-state index in [1.54, 1.807) is 16.2 Å². The zero-order valence-corrected chi connectivity index (χ0v) is 17.5. The van der Waals surface area contributed by atoms with Gasteiger partial charge in [0, 0.05) is 24.0 Å². The Labute approximate surface area is 164 Å². The second-order valence-corrected chi connectivity index (χ2v) is 6.84. The molecule has 0 unspecified atom stereocenters. The van der Waals surface area contributed by atoms with Crippen LogP contribution in [0.4, 0.5) is 4.79 Å². The summed E-state index contributed by atoms with van der Waals surface area (Å²) in [5.41, 5.74) is 7.00. The van der Waals surface area contributed by atoms with E-state index in [1.165, 1.54) is 4.88 Å². The van der Waals surface area contributed by atoms with Gasteiger partial charge in [-0.3, -0.25) is 0 Å². The van der Waals surface area contributed by atoms with Crippen LogP contribution in [0.2, 0.25) is 0 Å². The maximum atomic E-state index is 11.6. The van der Waals surface area contributed by atoms with Crippen molar-refractivity contribution in [3.8, 4) is 0 Å². The minimum Gasteiger partial charge on any atom is -0.450 e. The highest BCUT2D eigenvalue weighted by atomic mass is 127. The predicted octanol–water partition coefficient (Wildman–Crippen LogP) is 2.40. The minimum absolute atomic E-state index is 0. The molecule has 1 aromatic heterocycles. The van der Waals surface area contributed by atoms with Crippen molar-refractivity contribution in [2.24, 2.45) is 10.7 Å². The molecule has 0 spiro atoms. The number of hydrogen-bond donors (Lipinski definition) is 2. The van der Waals surface area contributed by atoms with Crippen LogP contribution in [-0.4, -0.2) is 47.7 Å². The molecule has 0 aliphatic carbocycles. The van der Waals surface area contributed by atoms with Crippen molar-refractivity contribution in [1.82, 2.24) is 15.2 Å². The Morgan fingerprint density at radius 1 is 1.46 bits per heavy atom. The van der Waals surface area contributed by atoms with Gasteiger partial charge in [0.1, 0.15) is 5.01 Å². The number of hydrogen-bond acceptors (Lipinski definition) is 5. The van der Waals surface area contributed by atoms with Gasteiger partial charge in [0.25, 0.3) is 0 Å². The number of aryl methyl sites for hydroxylation is 2. The third-order valence-corrected chi connectivity index (χ3v) is 4.89. The SMILES string of the molecule is CCOC(=O)N1CCC(NC(N)=NCc2nc(C)c(C)s2)CC1.I. The summed E-state index contributed by atoms with van der Waals surface area (Å²) in [6.45, 7) is 8.13. The Bertz CT molecular complexity index is 551. The lowest BCUT2D eigenvalue weighted by Gasteiger charge is -2.31. The number of ether oxygens (including phenoxy) is 1. The van der Waals surface area contributed by atoms with Gasteiger partial charge in [-0.15, -0.1) is 35.3 Å². The van der Waals surface area contributed by atoms with Crippen molar-refractivity contribution < 1.29 is 9.53 Å². The summed E-state index contributed by atoms with van der Waals surface area (Å²) in [5, 5.41) is 4.20. The third kappa shape index (κ3) is 6.08. The molecule has 1 aliphatic rings. The van der Waals surface area contributed by atoms with E-state index in [0.29, 0.717) is 32.2 Å². The highest BCUT2D eigenvalue weighted by Gasteiger charge is 2.23. The van der Waals surface area contributed by atoms with Gasteiger partial charge >= 0.3 is 6.09 Å².